The molecular formula is C18H20N2O4. The molecule has 0 spiro atoms. The van der Waals surface area contributed by atoms with Crippen LogP contribution in [0.5, 0.6) is 5.75 Å². The highest BCUT2D eigenvalue weighted by atomic mass is 16.5. The largest absolute Gasteiger partial charge is 0.495 e. The number of nitrogens with zero attached hydrogens (tertiary/aromatic N) is 1. The third-order valence-corrected chi connectivity index (χ3v) is 4.25. The first kappa shape index (κ1) is 16.1. The van der Waals surface area contributed by atoms with Crippen molar-refractivity contribution in [1.82, 2.24) is 4.90 Å². The zero-order chi connectivity index (χ0) is 16.9. The van der Waals surface area contributed by atoms with E-state index in [1.54, 1.807) is 30.2 Å². The number of hydrogen-bond donors (Lipinski definition) is 1. The lowest BCUT2D eigenvalue weighted by molar-refractivity contribution is -0.121. The van der Waals surface area contributed by atoms with E-state index in [4.69, 9.17) is 9.15 Å². The van der Waals surface area contributed by atoms with Crippen LogP contribution in [0.25, 0.3) is 0 Å². The summed E-state index contributed by atoms with van der Waals surface area (Å²) in [5.41, 5.74) is 0.666. The van der Waals surface area contributed by atoms with Crippen LogP contribution in [0.2, 0.25) is 0 Å². The Bertz CT molecular complexity index is 704. The molecule has 0 unspecified atom stereocenters. The lowest BCUT2D eigenvalue weighted by Gasteiger charge is -2.30. The van der Waals surface area contributed by atoms with E-state index in [0.29, 0.717) is 43.1 Å². The molecule has 0 radical (unpaired) electrons. The first-order valence-electron chi connectivity index (χ1n) is 7.95. The van der Waals surface area contributed by atoms with E-state index in [0.717, 1.165) is 0 Å². The van der Waals surface area contributed by atoms with Crippen molar-refractivity contribution in [2.24, 2.45) is 5.92 Å². The van der Waals surface area contributed by atoms with Crippen LogP contribution in [0.3, 0.4) is 0 Å². The second kappa shape index (κ2) is 7.21. The van der Waals surface area contributed by atoms with E-state index in [1.807, 2.05) is 18.2 Å². The predicted molar refractivity (Wildman–Crippen MR) is 89.0 cm³/mol. The summed E-state index contributed by atoms with van der Waals surface area (Å²) in [5, 5.41) is 2.92. The van der Waals surface area contributed by atoms with E-state index in [2.05, 4.69) is 5.32 Å². The van der Waals surface area contributed by atoms with Crippen LogP contribution < -0.4 is 10.1 Å². The van der Waals surface area contributed by atoms with Gasteiger partial charge in [0.15, 0.2) is 5.76 Å². The molecule has 1 saturated heterocycles. The van der Waals surface area contributed by atoms with Crippen molar-refractivity contribution >= 4 is 17.5 Å². The molecule has 2 heterocycles. The maximum Gasteiger partial charge on any atom is 0.289 e. The Morgan fingerprint density at radius 3 is 2.58 bits per heavy atom. The van der Waals surface area contributed by atoms with Gasteiger partial charge in [0.1, 0.15) is 5.75 Å². The first-order chi connectivity index (χ1) is 11.7. The molecule has 1 aliphatic heterocycles. The van der Waals surface area contributed by atoms with Gasteiger partial charge in [0.05, 0.1) is 19.1 Å². The number of carbonyl (C=O) groups excluding carboxylic acids is 2. The number of benzene rings is 1. The van der Waals surface area contributed by atoms with Crippen molar-refractivity contribution in [3.63, 3.8) is 0 Å². The molecule has 0 aliphatic carbocycles. The number of para-hydroxylation sites is 2. The van der Waals surface area contributed by atoms with E-state index in [9.17, 15) is 9.59 Å². The Kier molecular flexibility index (Phi) is 4.84. The summed E-state index contributed by atoms with van der Waals surface area (Å²) in [7, 11) is 1.57. The number of amides is 2. The molecule has 126 valence electrons. The summed E-state index contributed by atoms with van der Waals surface area (Å²) >= 11 is 0. The molecule has 2 amide bonds. The monoisotopic (exact) mass is 328 g/mol. The SMILES string of the molecule is COc1ccccc1NC(=O)C1CCN(C(=O)c2ccco2)CC1. The van der Waals surface area contributed by atoms with Gasteiger partial charge >= 0.3 is 0 Å². The molecule has 1 N–H and O–H groups in total. The van der Waals surface area contributed by atoms with Crippen LogP contribution in [-0.2, 0) is 4.79 Å². The van der Waals surface area contributed by atoms with Gasteiger partial charge in [-0.1, -0.05) is 12.1 Å². The van der Waals surface area contributed by atoms with Gasteiger partial charge in [-0.3, -0.25) is 9.59 Å². The molecule has 1 aromatic carbocycles. The molecule has 0 bridgehead atoms. The number of likely N-dealkylation sites (tertiary alicyclic amines) is 1. The average molecular weight is 328 g/mol. The summed E-state index contributed by atoms with van der Waals surface area (Å²) in [4.78, 5) is 26.4. The van der Waals surface area contributed by atoms with Crippen molar-refractivity contribution in [3.8, 4) is 5.75 Å². The van der Waals surface area contributed by atoms with E-state index in [-0.39, 0.29) is 17.7 Å². The summed E-state index contributed by atoms with van der Waals surface area (Å²) in [6.07, 6.45) is 2.75. The normalized spacial score (nSPS) is 15.1. The number of nitrogens with one attached hydrogen (secondary N) is 1. The third kappa shape index (κ3) is 3.42. The Morgan fingerprint density at radius 1 is 1.17 bits per heavy atom. The van der Waals surface area contributed by atoms with Crippen molar-refractivity contribution in [2.45, 2.75) is 12.8 Å². The summed E-state index contributed by atoms with van der Waals surface area (Å²) in [5.74, 6) is 0.701. The van der Waals surface area contributed by atoms with Gasteiger partial charge in [-0.15, -0.1) is 0 Å². The Morgan fingerprint density at radius 2 is 1.92 bits per heavy atom. The molecule has 1 fully saturated rings. The van der Waals surface area contributed by atoms with Crippen LogP contribution in [-0.4, -0.2) is 36.9 Å². The molecule has 0 atom stereocenters. The van der Waals surface area contributed by atoms with Gasteiger partial charge in [0, 0.05) is 19.0 Å². The number of rotatable bonds is 4. The Balaban J connectivity index is 1.56. The number of ether oxygens (including phenoxy) is 1. The Hall–Kier alpha value is -2.76. The lowest BCUT2D eigenvalue weighted by Crippen LogP contribution is -2.41. The van der Waals surface area contributed by atoms with Crippen LogP contribution in [0, 0.1) is 5.92 Å². The zero-order valence-corrected chi connectivity index (χ0v) is 13.5. The van der Waals surface area contributed by atoms with Crippen LogP contribution in [0.15, 0.2) is 47.1 Å². The highest BCUT2D eigenvalue weighted by Gasteiger charge is 2.29. The topological polar surface area (TPSA) is 71.8 Å². The fraction of sp³-hybridized carbons (Fsp3) is 0.333. The number of furan rings is 1. The van der Waals surface area contributed by atoms with Crippen molar-refractivity contribution in [1.29, 1.82) is 0 Å². The van der Waals surface area contributed by atoms with Gasteiger partial charge in [0.2, 0.25) is 5.91 Å². The van der Waals surface area contributed by atoms with Crippen LogP contribution >= 0.6 is 0 Å². The zero-order valence-electron chi connectivity index (χ0n) is 13.5. The van der Waals surface area contributed by atoms with Crippen LogP contribution in [0.1, 0.15) is 23.4 Å². The van der Waals surface area contributed by atoms with E-state index < -0.39 is 0 Å². The average Bonchev–Trinajstić information content (AvgIpc) is 3.16. The Labute approximate surface area is 140 Å². The minimum atomic E-state index is -0.122. The fourth-order valence-electron chi connectivity index (χ4n) is 2.88. The van der Waals surface area contributed by atoms with Crippen molar-refractivity contribution in [3.05, 3.63) is 48.4 Å². The predicted octanol–water partition coefficient (Wildman–Crippen LogP) is 2.78. The number of piperidine rings is 1. The second-order valence-electron chi connectivity index (χ2n) is 5.73. The molecule has 24 heavy (non-hydrogen) atoms. The molecule has 1 aliphatic rings. The van der Waals surface area contributed by atoms with Crippen molar-refractivity contribution in [2.75, 3.05) is 25.5 Å². The second-order valence-corrected chi connectivity index (χ2v) is 5.73. The molecule has 3 rings (SSSR count). The lowest BCUT2D eigenvalue weighted by atomic mass is 9.95. The summed E-state index contributed by atoms with van der Waals surface area (Å²) in [6.45, 7) is 1.09. The van der Waals surface area contributed by atoms with Crippen LogP contribution in [0.4, 0.5) is 5.69 Å². The summed E-state index contributed by atoms with van der Waals surface area (Å²) in [6, 6.07) is 10.7. The molecule has 2 aromatic rings. The molecule has 6 heteroatoms. The maximum atomic E-state index is 12.5. The van der Waals surface area contributed by atoms with Gasteiger partial charge in [-0.2, -0.15) is 0 Å². The number of carbonyl (C=O) groups is 2. The molecule has 1 aromatic heterocycles. The van der Waals surface area contributed by atoms with Gasteiger partial charge in [-0.25, -0.2) is 0 Å². The van der Waals surface area contributed by atoms with E-state index >= 15 is 0 Å². The quantitative estimate of drug-likeness (QED) is 0.937. The van der Waals surface area contributed by atoms with Crippen molar-refractivity contribution < 1.29 is 18.7 Å². The third-order valence-electron chi connectivity index (χ3n) is 4.25. The molecule has 0 saturated carbocycles. The summed E-state index contributed by atoms with van der Waals surface area (Å²) < 4.78 is 10.4. The minimum absolute atomic E-state index is 0.0374. The van der Waals surface area contributed by atoms with E-state index in [1.165, 1.54) is 6.26 Å². The maximum absolute atomic E-state index is 12.5. The van der Waals surface area contributed by atoms with Gasteiger partial charge in [0.25, 0.3) is 5.91 Å². The standard InChI is InChI=1S/C18H20N2O4/c1-23-15-6-3-2-5-14(15)19-17(21)13-8-10-20(11-9-13)18(22)16-7-4-12-24-16/h2-7,12-13H,8-11H2,1H3,(H,19,21). The minimum Gasteiger partial charge on any atom is -0.495 e. The van der Waals surface area contributed by atoms with Gasteiger partial charge in [-0.05, 0) is 37.1 Å². The van der Waals surface area contributed by atoms with Gasteiger partial charge < -0.3 is 19.4 Å². The molecule has 6 nitrogen and oxygen atoms in total. The number of methoxy groups -OCH3 is 1. The highest BCUT2D eigenvalue weighted by Crippen LogP contribution is 2.26. The highest BCUT2D eigenvalue weighted by molar-refractivity contribution is 5.95. The molecular weight excluding hydrogens is 308 g/mol. The fourth-order valence-corrected chi connectivity index (χ4v) is 2.88. The number of anilines is 1. The smallest absolute Gasteiger partial charge is 0.289 e. The first-order valence-corrected chi connectivity index (χ1v) is 7.95. The number of hydrogen-bond acceptors (Lipinski definition) is 4.